The zero-order valence-corrected chi connectivity index (χ0v) is 10.4. The van der Waals surface area contributed by atoms with Gasteiger partial charge in [-0.15, -0.1) is 0 Å². The van der Waals surface area contributed by atoms with Crippen LogP contribution in [0.5, 0.6) is 5.75 Å². The lowest BCUT2D eigenvalue weighted by Crippen LogP contribution is -2.34. The summed E-state index contributed by atoms with van der Waals surface area (Å²) in [6.07, 6.45) is 3.60. The molecule has 1 aliphatic carbocycles. The third kappa shape index (κ3) is 2.70. The van der Waals surface area contributed by atoms with Gasteiger partial charge in [0.15, 0.2) is 5.78 Å². The molecule has 2 rings (SSSR count). The number of ketones is 1. The Morgan fingerprint density at radius 1 is 1.28 bits per heavy atom. The molecule has 0 bridgehead atoms. The Hall–Kier alpha value is -1.82. The number of para-hydroxylation sites is 1. The second-order valence-electron chi connectivity index (χ2n) is 4.74. The molecule has 0 N–H and O–H groups in total. The standard InChI is InChI=1S/C15H17NO2/c16-12-15(9-5-4-8-14(15)17)10-11-18-13-6-2-1-3-7-13/h1-3,6-7H,4-5,8-11H2. The molecule has 1 unspecified atom stereocenters. The van der Waals surface area contributed by atoms with Crippen LogP contribution in [0.4, 0.5) is 0 Å². The van der Waals surface area contributed by atoms with E-state index in [1.165, 1.54) is 0 Å². The normalized spacial score (nSPS) is 23.4. The van der Waals surface area contributed by atoms with Gasteiger partial charge in [-0.1, -0.05) is 24.6 Å². The molecule has 1 fully saturated rings. The quantitative estimate of drug-likeness (QED) is 0.816. The third-order valence-electron chi connectivity index (χ3n) is 3.55. The Balaban J connectivity index is 1.92. The van der Waals surface area contributed by atoms with Crippen LogP contribution in [0.2, 0.25) is 0 Å². The van der Waals surface area contributed by atoms with E-state index in [-0.39, 0.29) is 5.78 Å². The van der Waals surface area contributed by atoms with Gasteiger partial charge in [-0.25, -0.2) is 0 Å². The smallest absolute Gasteiger partial charge is 0.153 e. The molecule has 94 valence electrons. The Labute approximate surface area is 107 Å². The molecular formula is C15H17NO2. The van der Waals surface area contributed by atoms with Gasteiger partial charge in [0.25, 0.3) is 0 Å². The topological polar surface area (TPSA) is 50.1 Å². The van der Waals surface area contributed by atoms with E-state index >= 15 is 0 Å². The highest BCUT2D eigenvalue weighted by atomic mass is 16.5. The van der Waals surface area contributed by atoms with Gasteiger partial charge in [-0.3, -0.25) is 4.79 Å². The van der Waals surface area contributed by atoms with Gasteiger partial charge in [0, 0.05) is 12.8 Å². The average molecular weight is 243 g/mol. The van der Waals surface area contributed by atoms with Crippen molar-refractivity contribution in [3.05, 3.63) is 30.3 Å². The summed E-state index contributed by atoms with van der Waals surface area (Å²) in [7, 11) is 0. The minimum absolute atomic E-state index is 0.0907. The van der Waals surface area contributed by atoms with Crippen LogP contribution in [-0.2, 0) is 4.79 Å². The average Bonchev–Trinajstić information content (AvgIpc) is 2.42. The van der Waals surface area contributed by atoms with Gasteiger partial charge in [0.1, 0.15) is 11.2 Å². The van der Waals surface area contributed by atoms with Crippen molar-refractivity contribution in [3.63, 3.8) is 0 Å². The van der Waals surface area contributed by atoms with Crippen molar-refractivity contribution in [1.29, 1.82) is 5.26 Å². The molecule has 1 aromatic rings. The lowest BCUT2D eigenvalue weighted by atomic mass is 9.72. The summed E-state index contributed by atoms with van der Waals surface area (Å²) < 4.78 is 5.58. The maximum absolute atomic E-state index is 11.9. The van der Waals surface area contributed by atoms with Crippen LogP contribution in [0.15, 0.2) is 30.3 Å². The van der Waals surface area contributed by atoms with Gasteiger partial charge in [-0.05, 0) is 25.0 Å². The fourth-order valence-corrected chi connectivity index (χ4v) is 2.39. The number of ether oxygens (including phenoxy) is 1. The molecule has 0 aromatic heterocycles. The first-order valence-electron chi connectivity index (χ1n) is 6.39. The van der Waals surface area contributed by atoms with Crippen molar-refractivity contribution in [2.24, 2.45) is 5.41 Å². The highest BCUT2D eigenvalue weighted by Gasteiger charge is 2.39. The lowest BCUT2D eigenvalue weighted by Gasteiger charge is -2.28. The van der Waals surface area contributed by atoms with Crippen LogP contribution in [0, 0.1) is 16.7 Å². The Kier molecular flexibility index (Phi) is 3.99. The van der Waals surface area contributed by atoms with Crippen molar-refractivity contribution in [3.8, 4) is 11.8 Å². The minimum atomic E-state index is -0.799. The molecule has 0 radical (unpaired) electrons. The number of benzene rings is 1. The SMILES string of the molecule is N#CC1(CCOc2ccccc2)CCCCC1=O. The number of rotatable bonds is 4. The summed E-state index contributed by atoms with van der Waals surface area (Å²) >= 11 is 0. The molecule has 1 aliphatic rings. The maximum atomic E-state index is 11.9. The molecule has 18 heavy (non-hydrogen) atoms. The number of hydrogen-bond acceptors (Lipinski definition) is 3. The predicted octanol–water partition coefficient (Wildman–Crippen LogP) is 3.11. The molecule has 0 spiro atoms. The summed E-state index contributed by atoms with van der Waals surface area (Å²) in [6, 6.07) is 11.7. The van der Waals surface area contributed by atoms with E-state index in [0.29, 0.717) is 25.9 Å². The lowest BCUT2D eigenvalue weighted by molar-refractivity contribution is -0.128. The zero-order valence-electron chi connectivity index (χ0n) is 10.4. The first-order chi connectivity index (χ1) is 8.77. The molecule has 3 heteroatoms. The second-order valence-corrected chi connectivity index (χ2v) is 4.74. The van der Waals surface area contributed by atoms with Crippen LogP contribution < -0.4 is 4.74 Å². The number of Topliss-reactive ketones (excluding diaryl/α,β-unsaturated/α-hetero) is 1. The van der Waals surface area contributed by atoms with Gasteiger partial charge >= 0.3 is 0 Å². The zero-order chi connectivity index (χ0) is 12.8. The summed E-state index contributed by atoms with van der Waals surface area (Å²) in [5.41, 5.74) is -0.799. The molecule has 1 aromatic carbocycles. The van der Waals surface area contributed by atoms with Crippen LogP contribution in [0.25, 0.3) is 0 Å². The van der Waals surface area contributed by atoms with Crippen molar-refractivity contribution in [1.82, 2.24) is 0 Å². The summed E-state index contributed by atoms with van der Waals surface area (Å²) in [4.78, 5) is 11.9. The maximum Gasteiger partial charge on any atom is 0.153 e. The number of nitriles is 1. The van der Waals surface area contributed by atoms with E-state index in [4.69, 9.17) is 4.74 Å². The molecule has 1 saturated carbocycles. The van der Waals surface area contributed by atoms with E-state index < -0.39 is 5.41 Å². The Morgan fingerprint density at radius 3 is 2.72 bits per heavy atom. The van der Waals surface area contributed by atoms with Crippen molar-refractivity contribution < 1.29 is 9.53 Å². The molecule has 0 saturated heterocycles. The predicted molar refractivity (Wildman–Crippen MR) is 68.1 cm³/mol. The third-order valence-corrected chi connectivity index (χ3v) is 3.55. The minimum Gasteiger partial charge on any atom is -0.494 e. The molecule has 0 heterocycles. The van der Waals surface area contributed by atoms with Crippen LogP contribution in [0.1, 0.15) is 32.1 Å². The monoisotopic (exact) mass is 243 g/mol. The number of nitrogens with zero attached hydrogens (tertiary/aromatic N) is 1. The van der Waals surface area contributed by atoms with E-state index in [9.17, 15) is 10.1 Å². The van der Waals surface area contributed by atoms with Crippen molar-refractivity contribution in [2.45, 2.75) is 32.1 Å². The Bertz CT molecular complexity index is 449. The summed E-state index contributed by atoms with van der Waals surface area (Å²) in [5, 5.41) is 9.28. The van der Waals surface area contributed by atoms with E-state index in [1.807, 2.05) is 30.3 Å². The van der Waals surface area contributed by atoms with Gasteiger partial charge in [0.05, 0.1) is 12.7 Å². The highest BCUT2D eigenvalue weighted by Crippen LogP contribution is 2.35. The summed E-state index contributed by atoms with van der Waals surface area (Å²) in [5.74, 6) is 0.877. The van der Waals surface area contributed by atoms with Crippen molar-refractivity contribution in [2.75, 3.05) is 6.61 Å². The molecular weight excluding hydrogens is 226 g/mol. The van der Waals surface area contributed by atoms with Crippen LogP contribution >= 0.6 is 0 Å². The molecule has 0 amide bonds. The van der Waals surface area contributed by atoms with Gasteiger partial charge < -0.3 is 4.74 Å². The first-order valence-corrected chi connectivity index (χ1v) is 6.39. The first kappa shape index (κ1) is 12.6. The van der Waals surface area contributed by atoms with E-state index in [0.717, 1.165) is 18.6 Å². The fourth-order valence-electron chi connectivity index (χ4n) is 2.39. The molecule has 3 nitrogen and oxygen atoms in total. The largest absolute Gasteiger partial charge is 0.494 e. The van der Waals surface area contributed by atoms with Crippen molar-refractivity contribution >= 4 is 5.78 Å². The Morgan fingerprint density at radius 2 is 2.06 bits per heavy atom. The number of hydrogen-bond donors (Lipinski definition) is 0. The summed E-state index contributed by atoms with van der Waals surface area (Å²) in [6.45, 7) is 0.420. The highest BCUT2D eigenvalue weighted by molar-refractivity contribution is 5.88. The molecule has 0 aliphatic heterocycles. The number of carbonyl (C=O) groups excluding carboxylic acids is 1. The second kappa shape index (κ2) is 5.68. The number of carbonyl (C=O) groups is 1. The van der Waals surface area contributed by atoms with E-state index in [1.54, 1.807) is 0 Å². The van der Waals surface area contributed by atoms with Gasteiger partial charge in [-0.2, -0.15) is 5.26 Å². The van der Waals surface area contributed by atoms with Crippen LogP contribution in [0.3, 0.4) is 0 Å². The fraction of sp³-hybridized carbons (Fsp3) is 0.467. The molecule has 1 atom stereocenters. The van der Waals surface area contributed by atoms with E-state index in [2.05, 4.69) is 6.07 Å². The van der Waals surface area contributed by atoms with Gasteiger partial charge in [0.2, 0.25) is 0 Å². The van der Waals surface area contributed by atoms with Crippen LogP contribution in [-0.4, -0.2) is 12.4 Å².